The third-order valence-electron chi connectivity index (χ3n) is 5.56. The first-order valence-electron chi connectivity index (χ1n) is 10.3. The number of hydrogen-bond acceptors (Lipinski definition) is 4. The summed E-state index contributed by atoms with van der Waals surface area (Å²) in [6.45, 7) is 7.82. The summed E-state index contributed by atoms with van der Waals surface area (Å²) in [5.74, 6) is -1.34. The predicted molar refractivity (Wildman–Crippen MR) is 121 cm³/mol. The van der Waals surface area contributed by atoms with Crippen molar-refractivity contribution in [3.63, 3.8) is 0 Å². The molecule has 30 heavy (non-hydrogen) atoms. The van der Waals surface area contributed by atoms with E-state index in [2.05, 4.69) is 29.0 Å². The number of nitrogens with one attached hydrogen (secondary N) is 1. The monoisotopic (exact) mass is 429 g/mol. The second-order valence-corrected chi connectivity index (χ2v) is 8.10. The molecule has 0 unspecified atom stereocenters. The molecule has 2 aromatic rings. The SMILES string of the molecule is CCC[C@H](C)N1CCN(c2ccc(NC(=O)c3cccc(Cl)c3)cc2C(=O)O)CC1. The van der Waals surface area contributed by atoms with Gasteiger partial charge in [-0.25, -0.2) is 4.79 Å². The Morgan fingerprint density at radius 2 is 1.87 bits per heavy atom. The molecule has 1 saturated heterocycles. The standard InChI is InChI=1S/C23H28ClN3O3/c1-3-5-16(2)26-10-12-27(13-11-26)21-9-8-19(15-20(21)23(29)30)25-22(28)17-6-4-7-18(24)14-17/h4,6-9,14-16H,3,5,10-13H2,1-2H3,(H,25,28)(H,29,30)/t16-/m0/s1. The minimum Gasteiger partial charge on any atom is -0.478 e. The van der Waals surface area contributed by atoms with Crippen LogP contribution in [0.4, 0.5) is 11.4 Å². The van der Waals surface area contributed by atoms with Crippen LogP contribution in [0, 0.1) is 0 Å². The number of carboxylic acids is 1. The van der Waals surface area contributed by atoms with Crippen LogP contribution in [0.5, 0.6) is 0 Å². The third-order valence-corrected chi connectivity index (χ3v) is 5.79. The van der Waals surface area contributed by atoms with Gasteiger partial charge >= 0.3 is 5.97 Å². The first-order valence-corrected chi connectivity index (χ1v) is 10.7. The van der Waals surface area contributed by atoms with Gasteiger partial charge in [-0.3, -0.25) is 9.69 Å². The van der Waals surface area contributed by atoms with Crippen LogP contribution in [0.3, 0.4) is 0 Å². The number of anilines is 2. The average Bonchev–Trinajstić information content (AvgIpc) is 2.74. The van der Waals surface area contributed by atoms with Crippen molar-refractivity contribution < 1.29 is 14.7 Å². The van der Waals surface area contributed by atoms with Gasteiger partial charge in [0, 0.05) is 48.5 Å². The third kappa shape index (κ3) is 5.32. The molecule has 6 nitrogen and oxygen atoms in total. The second-order valence-electron chi connectivity index (χ2n) is 7.66. The Bertz CT molecular complexity index is 910. The Balaban J connectivity index is 1.73. The number of halogens is 1. The van der Waals surface area contributed by atoms with Crippen LogP contribution >= 0.6 is 11.6 Å². The van der Waals surface area contributed by atoms with Crippen molar-refractivity contribution in [3.05, 3.63) is 58.6 Å². The highest BCUT2D eigenvalue weighted by Gasteiger charge is 2.24. The zero-order valence-electron chi connectivity index (χ0n) is 17.4. The van der Waals surface area contributed by atoms with Gasteiger partial charge in [-0.2, -0.15) is 0 Å². The molecule has 0 aromatic heterocycles. The molecular weight excluding hydrogens is 402 g/mol. The lowest BCUT2D eigenvalue weighted by Gasteiger charge is -2.39. The minimum absolute atomic E-state index is 0.189. The number of rotatable bonds is 7. The topological polar surface area (TPSA) is 72.9 Å². The second kappa shape index (κ2) is 9.96. The van der Waals surface area contributed by atoms with Gasteiger partial charge in [-0.05, 0) is 49.7 Å². The van der Waals surface area contributed by atoms with E-state index in [0.717, 1.165) is 32.6 Å². The normalized spacial score (nSPS) is 15.6. The Morgan fingerprint density at radius 3 is 2.50 bits per heavy atom. The summed E-state index contributed by atoms with van der Waals surface area (Å²) in [7, 11) is 0. The van der Waals surface area contributed by atoms with Gasteiger partial charge in [0.15, 0.2) is 0 Å². The zero-order chi connectivity index (χ0) is 21.7. The number of carbonyl (C=O) groups excluding carboxylic acids is 1. The molecule has 0 radical (unpaired) electrons. The van der Waals surface area contributed by atoms with Crippen molar-refractivity contribution in [2.24, 2.45) is 0 Å². The summed E-state index contributed by atoms with van der Waals surface area (Å²) >= 11 is 5.95. The first kappa shape index (κ1) is 22.1. The van der Waals surface area contributed by atoms with E-state index >= 15 is 0 Å². The van der Waals surface area contributed by atoms with Crippen LogP contribution < -0.4 is 10.2 Å². The van der Waals surface area contributed by atoms with Crippen molar-refractivity contribution >= 4 is 34.9 Å². The maximum atomic E-state index is 12.5. The van der Waals surface area contributed by atoms with Crippen molar-refractivity contribution in [1.29, 1.82) is 0 Å². The molecule has 160 valence electrons. The zero-order valence-corrected chi connectivity index (χ0v) is 18.2. The van der Waals surface area contributed by atoms with Gasteiger partial charge in [0.05, 0.1) is 11.3 Å². The Labute approximate surface area is 182 Å². The van der Waals surface area contributed by atoms with E-state index < -0.39 is 5.97 Å². The average molecular weight is 430 g/mol. The molecule has 2 aromatic carbocycles. The van der Waals surface area contributed by atoms with Crippen LogP contribution in [-0.4, -0.2) is 54.1 Å². The molecule has 1 fully saturated rings. The van der Waals surface area contributed by atoms with E-state index in [-0.39, 0.29) is 11.5 Å². The highest BCUT2D eigenvalue weighted by Crippen LogP contribution is 2.27. The fourth-order valence-electron chi connectivity index (χ4n) is 3.90. The fourth-order valence-corrected chi connectivity index (χ4v) is 4.09. The number of nitrogens with zero attached hydrogens (tertiary/aromatic N) is 2. The fraction of sp³-hybridized carbons (Fsp3) is 0.391. The largest absolute Gasteiger partial charge is 0.478 e. The number of amides is 1. The van der Waals surface area contributed by atoms with E-state index in [9.17, 15) is 14.7 Å². The first-order chi connectivity index (χ1) is 14.4. The molecule has 1 aliphatic heterocycles. The molecule has 3 rings (SSSR count). The summed E-state index contributed by atoms with van der Waals surface area (Å²) in [5.41, 5.74) is 1.73. The van der Waals surface area contributed by atoms with Crippen LogP contribution in [-0.2, 0) is 0 Å². The van der Waals surface area contributed by atoms with E-state index in [1.165, 1.54) is 12.5 Å². The number of benzene rings is 2. The molecule has 1 aliphatic rings. The summed E-state index contributed by atoms with van der Waals surface area (Å²) in [4.78, 5) is 28.9. The van der Waals surface area contributed by atoms with Crippen LogP contribution in [0.25, 0.3) is 0 Å². The molecule has 0 saturated carbocycles. The van der Waals surface area contributed by atoms with Gasteiger partial charge in [0.1, 0.15) is 0 Å². The van der Waals surface area contributed by atoms with Crippen molar-refractivity contribution in [2.45, 2.75) is 32.7 Å². The molecule has 1 amide bonds. The lowest BCUT2D eigenvalue weighted by atomic mass is 10.1. The Kier molecular flexibility index (Phi) is 7.34. The van der Waals surface area contributed by atoms with Crippen LogP contribution in [0.1, 0.15) is 47.4 Å². The van der Waals surface area contributed by atoms with Crippen molar-refractivity contribution in [3.8, 4) is 0 Å². The molecule has 0 aliphatic carbocycles. The molecule has 2 N–H and O–H groups in total. The Hall–Kier alpha value is -2.57. The van der Waals surface area contributed by atoms with Gasteiger partial charge in [-0.15, -0.1) is 0 Å². The molecule has 0 spiro atoms. The summed E-state index contributed by atoms with van der Waals surface area (Å²) in [6, 6.07) is 12.2. The number of hydrogen-bond donors (Lipinski definition) is 2. The molecule has 7 heteroatoms. The summed E-state index contributed by atoms with van der Waals surface area (Å²) < 4.78 is 0. The van der Waals surface area contributed by atoms with E-state index in [1.807, 2.05) is 0 Å². The minimum atomic E-state index is -1.01. The number of carboxylic acid groups (broad SMARTS) is 1. The van der Waals surface area contributed by atoms with E-state index in [0.29, 0.717) is 28.0 Å². The molecule has 1 atom stereocenters. The molecule has 1 heterocycles. The van der Waals surface area contributed by atoms with E-state index in [4.69, 9.17) is 11.6 Å². The number of piperazine rings is 1. The van der Waals surface area contributed by atoms with Crippen LogP contribution in [0.15, 0.2) is 42.5 Å². The van der Waals surface area contributed by atoms with Crippen molar-refractivity contribution in [1.82, 2.24) is 4.90 Å². The van der Waals surface area contributed by atoms with Gasteiger partial charge in [0.2, 0.25) is 0 Å². The highest BCUT2D eigenvalue weighted by molar-refractivity contribution is 6.31. The summed E-state index contributed by atoms with van der Waals surface area (Å²) in [5, 5.41) is 13.0. The number of carbonyl (C=O) groups is 2. The predicted octanol–water partition coefficient (Wildman–Crippen LogP) is 4.60. The maximum absolute atomic E-state index is 12.5. The summed E-state index contributed by atoms with van der Waals surface area (Å²) in [6.07, 6.45) is 2.33. The maximum Gasteiger partial charge on any atom is 0.337 e. The number of aromatic carboxylic acids is 1. The Morgan fingerprint density at radius 1 is 1.13 bits per heavy atom. The van der Waals surface area contributed by atoms with Gasteiger partial charge in [-0.1, -0.05) is 31.0 Å². The lowest BCUT2D eigenvalue weighted by Crippen LogP contribution is -2.49. The quantitative estimate of drug-likeness (QED) is 0.672. The molecule has 0 bridgehead atoms. The lowest BCUT2D eigenvalue weighted by molar-refractivity contribution is 0.0697. The van der Waals surface area contributed by atoms with Crippen molar-refractivity contribution in [2.75, 3.05) is 36.4 Å². The van der Waals surface area contributed by atoms with Gasteiger partial charge in [0.25, 0.3) is 5.91 Å². The smallest absolute Gasteiger partial charge is 0.337 e. The van der Waals surface area contributed by atoms with Gasteiger partial charge < -0.3 is 15.3 Å². The van der Waals surface area contributed by atoms with Crippen LogP contribution in [0.2, 0.25) is 5.02 Å². The molecular formula is C23H28ClN3O3. The highest BCUT2D eigenvalue weighted by atomic mass is 35.5. The van der Waals surface area contributed by atoms with E-state index in [1.54, 1.807) is 36.4 Å².